The second-order valence-electron chi connectivity index (χ2n) is 9.91. The van der Waals surface area contributed by atoms with E-state index in [0.717, 1.165) is 0 Å². The van der Waals surface area contributed by atoms with Gasteiger partial charge in [-0.15, -0.1) is 0 Å². The molecule has 37 heavy (non-hydrogen) atoms. The molecule has 2 N–H and O–H groups in total. The summed E-state index contributed by atoms with van der Waals surface area (Å²) in [4.78, 5) is 29.6. The standard InChI is InChI=1S/C25H29F2N5O5/c1-14(11-28-24(35)37-25(2,3)4)36-20-6-5-15(26)9-17(20)19-10-16(27)13-31(19)21-7-8-32-22(30-21)18(12-29-32)23(33)34/h5-9,12,14,16,19H,10-11,13H2,1-4H3,(H,28,35)(H,33,34)/t14-,16-,19+/m0/s1. The number of nitrogens with zero attached hydrogens (tertiary/aromatic N) is 4. The molecule has 198 valence electrons. The van der Waals surface area contributed by atoms with E-state index >= 15 is 0 Å². The summed E-state index contributed by atoms with van der Waals surface area (Å²) in [5, 5.41) is 16.0. The largest absolute Gasteiger partial charge is 0.489 e. The second-order valence-corrected chi connectivity index (χ2v) is 9.91. The van der Waals surface area contributed by atoms with E-state index < -0.39 is 41.8 Å². The predicted octanol–water partition coefficient (Wildman–Crippen LogP) is 4.15. The Morgan fingerprint density at radius 3 is 2.76 bits per heavy atom. The topological polar surface area (TPSA) is 118 Å². The van der Waals surface area contributed by atoms with Crippen LogP contribution in [0, 0.1) is 5.82 Å². The van der Waals surface area contributed by atoms with Gasteiger partial charge in [0.15, 0.2) is 5.65 Å². The number of carbonyl (C=O) groups is 2. The zero-order chi connectivity index (χ0) is 26.9. The van der Waals surface area contributed by atoms with Crippen molar-refractivity contribution in [1.29, 1.82) is 0 Å². The minimum atomic E-state index is -1.23. The van der Waals surface area contributed by atoms with Crippen LogP contribution in [0.3, 0.4) is 0 Å². The number of ether oxygens (including phenoxy) is 2. The van der Waals surface area contributed by atoms with E-state index in [2.05, 4.69) is 15.4 Å². The number of rotatable bonds is 7. The van der Waals surface area contributed by atoms with Gasteiger partial charge in [-0.2, -0.15) is 5.10 Å². The van der Waals surface area contributed by atoms with Crippen LogP contribution in [0.2, 0.25) is 0 Å². The summed E-state index contributed by atoms with van der Waals surface area (Å²) in [6, 6.07) is 4.98. The van der Waals surface area contributed by atoms with Gasteiger partial charge in [-0.1, -0.05) is 0 Å². The first-order chi connectivity index (χ1) is 17.4. The molecule has 3 heterocycles. The summed E-state index contributed by atoms with van der Waals surface area (Å²) in [7, 11) is 0. The molecule has 1 aliphatic rings. The number of nitrogens with one attached hydrogen (secondary N) is 1. The SMILES string of the molecule is C[C@@H](CNC(=O)OC(C)(C)C)Oc1ccc(F)cc1[C@H]1C[C@H](F)CN1c1ccn2ncc(C(=O)O)c2n1. The van der Waals surface area contributed by atoms with Gasteiger partial charge in [-0.3, -0.25) is 0 Å². The van der Waals surface area contributed by atoms with Crippen LogP contribution in [-0.4, -0.2) is 62.7 Å². The Morgan fingerprint density at radius 2 is 2.05 bits per heavy atom. The molecule has 0 unspecified atom stereocenters. The molecule has 2 aromatic heterocycles. The fraction of sp³-hybridized carbons (Fsp3) is 0.440. The number of carbonyl (C=O) groups excluding carboxylic acids is 1. The number of hydrogen-bond donors (Lipinski definition) is 2. The Bertz CT molecular complexity index is 1310. The molecule has 0 spiro atoms. The number of fused-ring (bicyclic) bond motifs is 1. The summed E-state index contributed by atoms with van der Waals surface area (Å²) < 4.78 is 41.6. The van der Waals surface area contributed by atoms with Gasteiger partial charge >= 0.3 is 12.1 Å². The number of aromatic carboxylic acids is 1. The Labute approximate surface area is 212 Å². The van der Waals surface area contributed by atoms with Crippen LogP contribution < -0.4 is 15.0 Å². The number of anilines is 1. The van der Waals surface area contributed by atoms with Crippen LogP contribution in [0.25, 0.3) is 5.65 Å². The number of aromatic nitrogens is 3. The normalized spacial score (nSPS) is 18.6. The Hall–Kier alpha value is -3.96. The zero-order valence-electron chi connectivity index (χ0n) is 20.9. The van der Waals surface area contributed by atoms with Gasteiger partial charge < -0.3 is 24.8 Å². The molecule has 10 nitrogen and oxygen atoms in total. The molecule has 4 rings (SSSR count). The quantitative estimate of drug-likeness (QED) is 0.480. The Balaban J connectivity index is 1.58. The number of amides is 1. The van der Waals surface area contributed by atoms with E-state index in [1.54, 1.807) is 44.9 Å². The first kappa shape index (κ1) is 26.1. The maximum atomic E-state index is 14.7. The molecule has 0 radical (unpaired) electrons. The first-order valence-corrected chi connectivity index (χ1v) is 11.8. The van der Waals surface area contributed by atoms with Gasteiger partial charge in [-0.05, 0) is 52.0 Å². The molecule has 0 aliphatic carbocycles. The van der Waals surface area contributed by atoms with Gasteiger partial charge in [0.2, 0.25) is 0 Å². The summed E-state index contributed by atoms with van der Waals surface area (Å²) in [5.41, 5.74) is -0.205. The number of alkyl halides is 1. The summed E-state index contributed by atoms with van der Waals surface area (Å²) in [6.45, 7) is 7.11. The average Bonchev–Trinajstić information content (AvgIpc) is 3.41. The lowest BCUT2D eigenvalue weighted by atomic mass is 10.0. The summed E-state index contributed by atoms with van der Waals surface area (Å²) >= 11 is 0. The number of alkyl carbamates (subject to hydrolysis) is 1. The Morgan fingerprint density at radius 1 is 1.30 bits per heavy atom. The van der Waals surface area contributed by atoms with Crippen molar-refractivity contribution in [2.24, 2.45) is 0 Å². The third kappa shape index (κ3) is 6.07. The molecular formula is C25H29F2N5O5. The highest BCUT2D eigenvalue weighted by Crippen LogP contribution is 2.41. The van der Waals surface area contributed by atoms with Crippen molar-refractivity contribution in [3.8, 4) is 5.75 Å². The third-order valence-electron chi connectivity index (χ3n) is 5.72. The van der Waals surface area contributed by atoms with Crippen molar-refractivity contribution >= 4 is 23.5 Å². The van der Waals surface area contributed by atoms with Crippen LogP contribution in [0.15, 0.2) is 36.7 Å². The maximum Gasteiger partial charge on any atom is 0.407 e. The van der Waals surface area contributed by atoms with Crippen molar-refractivity contribution in [3.63, 3.8) is 0 Å². The highest BCUT2D eigenvalue weighted by atomic mass is 19.1. The molecule has 1 aliphatic heterocycles. The number of carboxylic acid groups (broad SMARTS) is 1. The first-order valence-electron chi connectivity index (χ1n) is 11.8. The van der Waals surface area contributed by atoms with Crippen molar-refractivity contribution < 1.29 is 33.0 Å². The van der Waals surface area contributed by atoms with Gasteiger partial charge in [0.25, 0.3) is 0 Å². The molecule has 3 aromatic rings. The van der Waals surface area contributed by atoms with Gasteiger partial charge in [0.05, 0.1) is 25.3 Å². The van der Waals surface area contributed by atoms with Crippen LogP contribution in [-0.2, 0) is 4.74 Å². The fourth-order valence-corrected chi connectivity index (χ4v) is 4.19. The van der Waals surface area contributed by atoms with Crippen molar-refractivity contribution in [3.05, 3.63) is 53.6 Å². The summed E-state index contributed by atoms with van der Waals surface area (Å²) in [6.07, 6.45) is 0.467. The number of hydrogen-bond acceptors (Lipinski definition) is 7. The molecule has 12 heteroatoms. The molecule has 0 bridgehead atoms. The zero-order valence-corrected chi connectivity index (χ0v) is 20.9. The van der Waals surface area contributed by atoms with Gasteiger partial charge in [0.1, 0.15) is 40.8 Å². The number of benzene rings is 1. The van der Waals surface area contributed by atoms with Crippen LogP contribution in [0.1, 0.15) is 56.1 Å². The number of carboxylic acids is 1. The highest BCUT2D eigenvalue weighted by Gasteiger charge is 2.36. The number of halogens is 2. The van der Waals surface area contributed by atoms with Crippen LogP contribution >= 0.6 is 0 Å². The lowest BCUT2D eigenvalue weighted by molar-refractivity contribution is 0.0504. The molecule has 1 amide bonds. The molecule has 0 saturated carbocycles. The summed E-state index contributed by atoms with van der Waals surface area (Å²) in [5.74, 6) is -1.04. The van der Waals surface area contributed by atoms with E-state index in [1.807, 2.05) is 0 Å². The molecule has 1 saturated heterocycles. The van der Waals surface area contributed by atoms with E-state index in [9.17, 15) is 23.5 Å². The predicted molar refractivity (Wildman–Crippen MR) is 130 cm³/mol. The van der Waals surface area contributed by atoms with E-state index in [0.29, 0.717) is 17.1 Å². The molecular weight excluding hydrogens is 488 g/mol. The Kier molecular flexibility index (Phi) is 7.19. The lowest BCUT2D eigenvalue weighted by Gasteiger charge is -2.28. The monoisotopic (exact) mass is 517 g/mol. The van der Waals surface area contributed by atoms with Gasteiger partial charge in [-0.25, -0.2) is 27.9 Å². The molecule has 1 fully saturated rings. The van der Waals surface area contributed by atoms with Gasteiger partial charge in [0, 0.05) is 18.2 Å². The van der Waals surface area contributed by atoms with Crippen LogP contribution in [0.4, 0.5) is 19.4 Å². The molecule has 1 aromatic carbocycles. The van der Waals surface area contributed by atoms with Crippen molar-refractivity contribution in [2.45, 2.75) is 58.0 Å². The average molecular weight is 518 g/mol. The minimum Gasteiger partial charge on any atom is -0.489 e. The van der Waals surface area contributed by atoms with E-state index in [-0.39, 0.29) is 30.7 Å². The van der Waals surface area contributed by atoms with Crippen LogP contribution in [0.5, 0.6) is 5.75 Å². The molecule has 3 atom stereocenters. The smallest absolute Gasteiger partial charge is 0.407 e. The lowest BCUT2D eigenvalue weighted by Crippen LogP contribution is -2.37. The maximum absolute atomic E-state index is 14.7. The second kappa shape index (κ2) is 10.2. The van der Waals surface area contributed by atoms with E-state index in [1.165, 1.54) is 28.9 Å². The fourth-order valence-electron chi connectivity index (χ4n) is 4.19. The minimum absolute atomic E-state index is 0.0178. The van der Waals surface area contributed by atoms with E-state index in [4.69, 9.17) is 9.47 Å². The third-order valence-corrected chi connectivity index (χ3v) is 5.72. The van der Waals surface area contributed by atoms with Crippen molar-refractivity contribution in [1.82, 2.24) is 19.9 Å². The highest BCUT2D eigenvalue weighted by molar-refractivity contribution is 5.94. The van der Waals surface area contributed by atoms with Crippen molar-refractivity contribution in [2.75, 3.05) is 18.0 Å².